The van der Waals surface area contributed by atoms with Crippen LogP contribution < -0.4 is 4.74 Å². The lowest BCUT2D eigenvalue weighted by atomic mass is 10.1. The molecule has 0 amide bonds. The molecule has 12 heteroatoms. The standard InChI is InChI=1S/C19H14Cl2F3NO6/c20-10-12(26)2-1-7-30-18(27)14-9-13(4-5-16(14)25(28)29)31-17-6-3-11(8-15(17)21)19(22,23)24/h3-6,8-9H,1-2,7,10H2. The number of hydrogen-bond donors (Lipinski definition) is 0. The fraction of sp³-hybridized carbons (Fsp3) is 0.263. The third kappa shape index (κ3) is 6.83. The van der Waals surface area contributed by atoms with E-state index in [1.807, 2.05) is 0 Å². The molecule has 31 heavy (non-hydrogen) atoms. The zero-order chi connectivity index (χ0) is 23.2. The quantitative estimate of drug-likeness (QED) is 0.148. The van der Waals surface area contributed by atoms with Crippen molar-refractivity contribution in [3.05, 3.63) is 62.7 Å². The summed E-state index contributed by atoms with van der Waals surface area (Å²) in [5.41, 5.74) is -1.98. The predicted molar refractivity (Wildman–Crippen MR) is 105 cm³/mol. The summed E-state index contributed by atoms with van der Waals surface area (Å²) in [6.45, 7) is -0.172. The van der Waals surface area contributed by atoms with Crippen LogP contribution in [-0.2, 0) is 15.7 Å². The van der Waals surface area contributed by atoms with Crippen LogP contribution in [-0.4, -0.2) is 29.2 Å². The molecule has 166 valence electrons. The van der Waals surface area contributed by atoms with Gasteiger partial charge in [-0.2, -0.15) is 13.2 Å². The highest BCUT2D eigenvalue weighted by molar-refractivity contribution is 6.32. The number of nitro groups is 1. The molecule has 0 aliphatic carbocycles. The fourth-order valence-corrected chi connectivity index (χ4v) is 2.72. The average molecular weight is 480 g/mol. The number of carbonyl (C=O) groups excluding carboxylic acids is 2. The first kappa shape index (κ1) is 24.4. The van der Waals surface area contributed by atoms with Gasteiger partial charge < -0.3 is 9.47 Å². The van der Waals surface area contributed by atoms with Crippen molar-refractivity contribution in [2.45, 2.75) is 19.0 Å². The molecule has 0 radical (unpaired) electrons. The van der Waals surface area contributed by atoms with E-state index in [4.69, 9.17) is 32.7 Å². The molecule has 7 nitrogen and oxygen atoms in total. The molecule has 0 bridgehead atoms. The third-order valence-electron chi connectivity index (χ3n) is 3.85. The Morgan fingerprint density at radius 3 is 2.42 bits per heavy atom. The Kier molecular flexibility index (Phi) is 8.23. The molecule has 2 aromatic rings. The van der Waals surface area contributed by atoms with E-state index in [2.05, 4.69) is 0 Å². The monoisotopic (exact) mass is 479 g/mol. The van der Waals surface area contributed by atoms with Crippen molar-refractivity contribution in [2.75, 3.05) is 12.5 Å². The zero-order valence-electron chi connectivity index (χ0n) is 15.6. The number of benzene rings is 2. The van der Waals surface area contributed by atoms with E-state index in [1.54, 1.807) is 0 Å². The summed E-state index contributed by atoms with van der Waals surface area (Å²) in [7, 11) is 0. The van der Waals surface area contributed by atoms with Crippen LogP contribution in [0.5, 0.6) is 11.5 Å². The number of esters is 1. The lowest BCUT2D eigenvalue weighted by Crippen LogP contribution is -2.11. The molecule has 0 aliphatic heterocycles. The highest BCUT2D eigenvalue weighted by Crippen LogP contribution is 2.37. The van der Waals surface area contributed by atoms with Gasteiger partial charge in [0, 0.05) is 18.6 Å². The Hall–Kier alpha value is -2.85. The third-order valence-corrected chi connectivity index (χ3v) is 4.45. The van der Waals surface area contributed by atoms with Gasteiger partial charge in [-0.05, 0) is 30.7 Å². The van der Waals surface area contributed by atoms with Gasteiger partial charge in [0.15, 0.2) is 0 Å². The molecular formula is C19H14Cl2F3NO6. The summed E-state index contributed by atoms with van der Waals surface area (Å²) in [6.07, 6.45) is -4.34. The number of nitrogens with zero attached hydrogens (tertiary/aromatic N) is 1. The molecule has 0 atom stereocenters. The summed E-state index contributed by atoms with van der Waals surface area (Å²) >= 11 is 11.2. The molecule has 0 saturated heterocycles. The van der Waals surface area contributed by atoms with Crippen LogP contribution in [0.1, 0.15) is 28.8 Å². The Morgan fingerprint density at radius 2 is 1.84 bits per heavy atom. The number of alkyl halides is 4. The van der Waals surface area contributed by atoms with Crippen LogP contribution in [0.25, 0.3) is 0 Å². The van der Waals surface area contributed by atoms with Gasteiger partial charge in [0.2, 0.25) is 0 Å². The van der Waals surface area contributed by atoms with E-state index in [1.165, 1.54) is 0 Å². The average Bonchev–Trinajstić information content (AvgIpc) is 2.71. The second kappa shape index (κ2) is 10.5. The SMILES string of the molecule is O=C(CCl)CCCOC(=O)c1cc(Oc2ccc(C(F)(F)F)cc2Cl)ccc1[N+](=O)[O-]. The normalized spacial score (nSPS) is 11.1. The minimum Gasteiger partial charge on any atom is -0.462 e. The second-order valence-electron chi connectivity index (χ2n) is 6.09. The van der Waals surface area contributed by atoms with E-state index in [9.17, 15) is 32.9 Å². The van der Waals surface area contributed by atoms with E-state index >= 15 is 0 Å². The minimum absolute atomic E-state index is 0.0778. The van der Waals surface area contributed by atoms with Crippen molar-refractivity contribution in [3.8, 4) is 11.5 Å². The smallest absolute Gasteiger partial charge is 0.416 e. The van der Waals surface area contributed by atoms with Crippen molar-refractivity contribution in [1.82, 2.24) is 0 Å². The largest absolute Gasteiger partial charge is 0.462 e. The van der Waals surface area contributed by atoms with Crippen LogP contribution in [0.2, 0.25) is 5.02 Å². The van der Waals surface area contributed by atoms with Gasteiger partial charge in [0.05, 0.1) is 28.0 Å². The maximum atomic E-state index is 12.7. The molecule has 0 N–H and O–H groups in total. The number of rotatable bonds is 9. The van der Waals surface area contributed by atoms with E-state index in [0.717, 1.165) is 30.3 Å². The van der Waals surface area contributed by atoms with Gasteiger partial charge in [0.25, 0.3) is 5.69 Å². The molecule has 0 fully saturated rings. The predicted octanol–water partition coefficient (Wildman–Crippen LogP) is 5.80. The van der Waals surface area contributed by atoms with Crippen molar-refractivity contribution in [1.29, 1.82) is 0 Å². The molecule has 0 heterocycles. The molecule has 0 spiro atoms. The van der Waals surface area contributed by atoms with Gasteiger partial charge in [-0.15, -0.1) is 11.6 Å². The van der Waals surface area contributed by atoms with Crippen molar-refractivity contribution in [2.24, 2.45) is 0 Å². The number of ketones is 1. The van der Waals surface area contributed by atoms with Gasteiger partial charge in [-0.25, -0.2) is 4.79 Å². The van der Waals surface area contributed by atoms with Gasteiger partial charge in [-0.1, -0.05) is 11.6 Å². The molecule has 2 aromatic carbocycles. The summed E-state index contributed by atoms with van der Waals surface area (Å²) in [6, 6.07) is 5.56. The Balaban J connectivity index is 2.20. The fourth-order valence-electron chi connectivity index (χ4n) is 2.37. The van der Waals surface area contributed by atoms with Crippen molar-refractivity contribution < 1.29 is 37.2 Å². The molecule has 0 unspecified atom stereocenters. The highest BCUT2D eigenvalue weighted by Gasteiger charge is 2.31. The zero-order valence-corrected chi connectivity index (χ0v) is 17.1. The summed E-state index contributed by atoms with van der Waals surface area (Å²) in [5.74, 6) is -1.69. The second-order valence-corrected chi connectivity index (χ2v) is 6.77. The minimum atomic E-state index is -4.60. The highest BCUT2D eigenvalue weighted by atomic mass is 35.5. The Labute approximate surface area is 183 Å². The van der Waals surface area contributed by atoms with Gasteiger partial charge >= 0.3 is 12.1 Å². The van der Waals surface area contributed by atoms with Gasteiger partial charge in [0.1, 0.15) is 22.8 Å². The summed E-state index contributed by atoms with van der Waals surface area (Å²) in [5, 5.41) is 10.9. The lowest BCUT2D eigenvalue weighted by Gasteiger charge is -2.12. The topological polar surface area (TPSA) is 95.7 Å². The van der Waals surface area contributed by atoms with E-state index < -0.39 is 33.9 Å². The Bertz CT molecular complexity index is 997. The molecule has 0 saturated carbocycles. The number of halogens is 5. The Morgan fingerprint density at radius 1 is 1.13 bits per heavy atom. The number of hydrogen-bond acceptors (Lipinski definition) is 6. The molecular weight excluding hydrogens is 466 g/mol. The maximum Gasteiger partial charge on any atom is 0.416 e. The van der Waals surface area contributed by atoms with Crippen molar-refractivity contribution in [3.63, 3.8) is 0 Å². The number of ether oxygens (including phenoxy) is 2. The van der Waals surface area contributed by atoms with E-state index in [-0.39, 0.29) is 47.6 Å². The van der Waals surface area contributed by atoms with Crippen LogP contribution >= 0.6 is 23.2 Å². The van der Waals surface area contributed by atoms with Crippen LogP contribution in [0.15, 0.2) is 36.4 Å². The first-order valence-corrected chi connectivity index (χ1v) is 9.52. The molecule has 2 rings (SSSR count). The lowest BCUT2D eigenvalue weighted by molar-refractivity contribution is -0.385. The van der Waals surface area contributed by atoms with Crippen LogP contribution in [0.3, 0.4) is 0 Å². The van der Waals surface area contributed by atoms with Crippen LogP contribution in [0.4, 0.5) is 18.9 Å². The summed E-state index contributed by atoms with van der Waals surface area (Å²) < 4.78 is 48.6. The number of carbonyl (C=O) groups is 2. The van der Waals surface area contributed by atoms with Gasteiger partial charge in [-0.3, -0.25) is 14.9 Å². The number of nitro benzene ring substituents is 1. The molecule has 0 aromatic heterocycles. The first-order valence-electron chi connectivity index (χ1n) is 8.60. The van der Waals surface area contributed by atoms with Crippen molar-refractivity contribution >= 4 is 40.6 Å². The first-order chi connectivity index (χ1) is 14.5. The number of Topliss-reactive ketones (excluding diaryl/α,β-unsaturated/α-hetero) is 1. The molecule has 0 aliphatic rings. The van der Waals surface area contributed by atoms with E-state index in [0.29, 0.717) is 6.07 Å². The van der Waals surface area contributed by atoms with Crippen LogP contribution in [0, 0.1) is 10.1 Å². The maximum absolute atomic E-state index is 12.7. The summed E-state index contributed by atoms with van der Waals surface area (Å²) in [4.78, 5) is 33.8.